The molecule has 1 unspecified atom stereocenters. The Balaban J connectivity index is 2.92. The Labute approximate surface area is 72.6 Å². The third-order valence-electron chi connectivity index (χ3n) is 1.45. The van der Waals surface area contributed by atoms with Gasteiger partial charge in [-0.05, 0) is 17.7 Å². The van der Waals surface area contributed by atoms with Gasteiger partial charge in [-0.3, -0.25) is 4.68 Å². The zero-order chi connectivity index (χ0) is 9.35. The van der Waals surface area contributed by atoms with Crippen LogP contribution in [0.2, 0.25) is 0 Å². The van der Waals surface area contributed by atoms with Gasteiger partial charge in [0, 0.05) is 13.2 Å². The van der Waals surface area contributed by atoms with Crippen LogP contribution in [-0.2, 0) is 7.05 Å². The Morgan fingerprint density at radius 1 is 1.75 bits per heavy atom. The molecule has 0 amide bonds. The minimum absolute atomic E-state index is 0.0185. The van der Waals surface area contributed by atoms with Gasteiger partial charge in [0.25, 0.3) is 0 Å². The summed E-state index contributed by atoms with van der Waals surface area (Å²) in [6, 6.07) is 1.28. The SMILES string of the molecule is Cn1nccc1C(O)C(F)(F)Cl. The first-order valence-corrected chi connectivity index (χ1v) is 3.53. The third-order valence-corrected chi connectivity index (χ3v) is 1.66. The van der Waals surface area contributed by atoms with E-state index < -0.39 is 11.5 Å². The Bertz CT molecular complexity index is 271. The second-order valence-electron chi connectivity index (χ2n) is 2.32. The molecule has 0 radical (unpaired) electrons. The molecular formula is C6H7ClF2N2O. The summed E-state index contributed by atoms with van der Waals surface area (Å²) >= 11 is 4.62. The lowest BCUT2D eigenvalue weighted by Gasteiger charge is -2.15. The fraction of sp³-hybridized carbons (Fsp3) is 0.500. The van der Waals surface area contributed by atoms with Crippen molar-refractivity contribution in [2.75, 3.05) is 0 Å². The molecule has 1 aromatic heterocycles. The summed E-state index contributed by atoms with van der Waals surface area (Å²) in [5, 5.41) is 8.94. The van der Waals surface area contributed by atoms with Crippen LogP contribution in [0.15, 0.2) is 12.3 Å². The van der Waals surface area contributed by atoms with Gasteiger partial charge >= 0.3 is 5.38 Å². The minimum atomic E-state index is -3.66. The van der Waals surface area contributed by atoms with E-state index in [9.17, 15) is 8.78 Å². The van der Waals surface area contributed by atoms with Gasteiger partial charge in [-0.25, -0.2) is 0 Å². The molecule has 0 aromatic carbocycles. The van der Waals surface area contributed by atoms with Crippen molar-refractivity contribution in [2.45, 2.75) is 11.5 Å². The molecular weight excluding hydrogens is 190 g/mol. The zero-order valence-electron chi connectivity index (χ0n) is 6.21. The normalized spacial score (nSPS) is 14.8. The average Bonchev–Trinajstić information content (AvgIpc) is 2.31. The maximum absolute atomic E-state index is 12.3. The van der Waals surface area contributed by atoms with Gasteiger partial charge in [-0.15, -0.1) is 0 Å². The predicted molar refractivity (Wildman–Crippen MR) is 39.0 cm³/mol. The molecule has 0 bridgehead atoms. The van der Waals surface area contributed by atoms with E-state index >= 15 is 0 Å². The Kier molecular flexibility index (Phi) is 2.34. The quantitative estimate of drug-likeness (QED) is 0.724. The van der Waals surface area contributed by atoms with Crippen LogP contribution in [0.4, 0.5) is 8.78 Å². The largest absolute Gasteiger partial charge is 0.379 e. The Morgan fingerprint density at radius 3 is 2.67 bits per heavy atom. The Hall–Kier alpha value is -0.680. The molecule has 3 nitrogen and oxygen atoms in total. The third kappa shape index (κ3) is 1.73. The number of hydrogen-bond donors (Lipinski definition) is 1. The van der Waals surface area contributed by atoms with Crippen LogP contribution in [0, 0.1) is 0 Å². The highest BCUT2D eigenvalue weighted by Gasteiger charge is 2.38. The maximum Gasteiger partial charge on any atom is 0.352 e. The summed E-state index contributed by atoms with van der Waals surface area (Å²) in [5.41, 5.74) is -0.0185. The second-order valence-corrected chi connectivity index (χ2v) is 2.83. The monoisotopic (exact) mass is 196 g/mol. The molecule has 0 aliphatic rings. The van der Waals surface area contributed by atoms with Gasteiger partial charge < -0.3 is 5.11 Å². The minimum Gasteiger partial charge on any atom is -0.379 e. The van der Waals surface area contributed by atoms with Crippen molar-refractivity contribution in [3.63, 3.8) is 0 Å². The van der Waals surface area contributed by atoms with E-state index in [-0.39, 0.29) is 5.69 Å². The maximum atomic E-state index is 12.3. The number of hydrogen-bond acceptors (Lipinski definition) is 2. The van der Waals surface area contributed by atoms with Crippen molar-refractivity contribution in [1.82, 2.24) is 9.78 Å². The molecule has 6 heteroatoms. The van der Waals surface area contributed by atoms with E-state index in [2.05, 4.69) is 16.7 Å². The number of aryl methyl sites for hydroxylation is 1. The fourth-order valence-corrected chi connectivity index (χ4v) is 0.932. The molecule has 0 aliphatic heterocycles. The summed E-state index contributed by atoms with van der Waals surface area (Å²) in [6.07, 6.45) is -0.715. The first-order chi connectivity index (χ1) is 5.43. The number of aliphatic hydroxyl groups is 1. The number of halogens is 3. The van der Waals surface area contributed by atoms with Gasteiger partial charge in [0.05, 0.1) is 5.69 Å². The van der Waals surface area contributed by atoms with E-state index in [1.807, 2.05) is 0 Å². The van der Waals surface area contributed by atoms with Crippen LogP contribution < -0.4 is 0 Å². The van der Waals surface area contributed by atoms with Gasteiger partial charge in [0.1, 0.15) is 0 Å². The van der Waals surface area contributed by atoms with Crippen molar-refractivity contribution in [3.8, 4) is 0 Å². The lowest BCUT2D eigenvalue weighted by Crippen LogP contribution is -2.21. The molecule has 0 aliphatic carbocycles. The predicted octanol–water partition coefficient (Wildman–Crippen LogP) is 1.29. The molecule has 1 aromatic rings. The molecule has 68 valence electrons. The molecule has 1 heterocycles. The summed E-state index contributed by atoms with van der Waals surface area (Å²) < 4.78 is 25.8. The number of aromatic nitrogens is 2. The highest BCUT2D eigenvalue weighted by Crippen LogP contribution is 2.34. The number of alkyl halides is 3. The molecule has 12 heavy (non-hydrogen) atoms. The lowest BCUT2D eigenvalue weighted by molar-refractivity contribution is -0.0463. The molecule has 0 spiro atoms. The van der Waals surface area contributed by atoms with Crippen molar-refractivity contribution in [1.29, 1.82) is 0 Å². The summed E-state index contributed by atoms with van der Waals surface area (Å²) in [4.78, 5) is 0. The topological polar surface area (TPSA) is 38.0 Å². The van der Waals surface area contributed by atoms with Crippen molar-refractivity contribution in [3.05, 3.63) is 18.0 Å². The highest BCUT2D eigenvalue weighted by molar-refractivity contribution is 6.22. The standard InChI is InChI=1S/C6H7ClF2N2O/c1-11-4(2-3-10-11)5(12)6(7,8)9/h2-3,5,12H,1H3. The van der Waals surface area contributed by atoms with E-state index in [1.165, 1.54) is 19.3 Å². The average molecular weight is 197 g/mol. The van der Waals surface area contributed by atoms with E-state index in [4.69, 9.17) is 5.11 Å². The summed E-state index contributed by atoms with van der Waals surface area (Å²) in [5.74, 6) is 0. The first-order valence-electron chi connectivity index (χ1n) is 3.15. The van der Waals surface area contributed by atoms with Gasteiger partial charge in [0.2, 0.25) is 0 Å². The molecule has 1 N–H and O–H groups in total. The van der Waals surface area contributed by atoms with E-state index in [1.54, 1.807) is 0 Å². The van der Waals surface area contributed by atoms with Crippen molar-refractivity contribution >= 4 is 11.6 Å². The number of aliphatic hydroxyl groups excluding tert-OH is 1. The van der Waals surface area contributed by atoms with Gasteiger partial charge in [0.15, 0.2) is 6.10 Å². The van der Waals surface area contributed by atoms with E-state index in [0.717, 1.165) is 4.68 Å². The van der Waals surface area contributed by atoms with Crippen molar-refractivity contribution < 1.29 is 13.9 Å². The zero-order valence-corrected chi connectivity index (χ0v) is 6.96. The molecule has 0 saturated heterocycles. The first kappa shape index (κ1) is 9.41. The Morgan fingerprint density at radius 2 is 2.33 bits per heavy atom. The summed E-state index contributed by atoms with van der Waals surface area (Å²) in [6.45, 7) is 0. The second kappa shape index (κ2) is 2.99. The fourth-order valence-electron chi connectivity index (χ4n) is 0.820. The molecule has 0 saturated carbocycles. The van der Waals surface area contributed by atoms with Crippen LogP contribution in [0.1, 0.15) is 11.8 Å². The number of nitrogens with zero attached hydrogens (tertiary/aromatic N) is 2. The molecule has 0 fully saturated rings. The van der Waals surface area contributed by atoms with Crippen LogP contribution in [-0.4, -0.2) is 20.3 Å². The van der Waals surface area contributed by atoms with Crippen LogP contribution in [0.25, 0.3) is 0 Å². The molecule has 1 atom stereocenters. The summed E-state index contributed by atoms with van der Waals surface area (Å²) in [7, 11) is 1.45. The highest BCUT2D eigenvalue weighted by atomic mass is 35.5. The molecule has 1 rings (SSSR count). The van der Waals surface area contributed by atoms with Gasteiger partial charge in [-0.1, -0.05) is 0 Å². The van der Waals surface area contributed by atoms with E-state index in [0.29, 0.717) is 0 Å². The number of rotatable bonds is 2. The van der Waals surface area contributed by atoms with Crippen LogP contribution in [0.5, 0.6) is 0 Å². The van der Waals surface area contributed by atoms with Crippen molar-refractivity contribution in [2.24, 2.45) is 7.05 Å². The smallest absolute Gasteiger partial charge is 0.352 e. The van der Waals surface area contributed by atoms with Crippen LogP contribution in [0.3, 0.4) is 0 Å². The van der Waals surface area contributed by atoms with Crippen LogP contribution >= 0.6 is 11.6 Å². The van der Waals surface area contributed by atoms with Gasteiger partial charge in [-0.2, -0.15) is 13.9 Å². The lowest BCUT2D eigenvalue weighted by atomic mass is 10.2.